The molecule has 1 aliphatic heterocycles. The van der Waals surface area contributed by atoms with Crippen molar-refractivity contribution < 1.29 is 8.42 Å². The quantitative estimate of drug-likeness (QED) is 0.757. The minimum absolute atomic E-state index is 0.237. The van der Waals surface area contributed by atoms with Crippen LogP contribution in [0.15, 0.2) is 18.2 Å². The van der Waals surface area contributed by atoms with E-state index < -0.39 is 10.0 Å². The molecule has 0 radical (unpaired) electrons. The molecule has 1 aliphatic rings. The molecule has 1 saturated heterocycles. The van der Waals surface area contributed by atoms with Crippen molar-refractivity contribution >= 4 is 21.4 Å². The predicted octanol–water partition coefficient (Wildman–Crippen LogP) is 1.51. The third kappa shape index (κ3) is 1.87. The van der Waals surface area contributed by atoms with E-state index >= 15 is 0 Å². The van der Waals surface area contributed by atoms with Crippen molar-refractivity contribution in [2.24, 2.45) is 0 Å². The van der Waals surface area contributed by atoms with Gasteiger partial charge in [0.1, 0.15) is 0 Å². The highest BCUT2D eigenvalue weighted by molar-refractivity contribution is 7.92. The number of benzene rings is 1. The van der Waals surface area contributed by atoms with E-state index in [4.69, 9.17) is 5.73 Å². The van der Waals surface area contributed by atoms with Crippen molar-refractivity contribution in [3.63, 3.8) is 0 Å². The number of nitrogens with two attached hydrogens (primary N) is 1. The van der Waals surface area contributed by atoms with Gasteiger partial charge in [-0.3, -0.25) is 4.31 Å². The first-order chi connectivity index (χ1) is 7.52. The Kier molecular flexibility index (Phi) is 2.80. The lowest BCUT2D eigenvalue weighted by atomic mass is 10.1. The van der Waals surface area contributed by atoms with Crippen molar-refractivity contribution in [1.29, 1.82) is 0 Å². The van der Waals surface area contributed by atoms with Gasteiger partial charge in [0.2, 0.25) is 10.0 Å². The Morgan fingerprint density at radius 2 is 2.06 bits per heavy atom. The van der Waals surface area contributed by atoms with Gasteiger partial charge in [-0.05, 0) is 37.5 Å². The van der Waals surface area contributed by atoms with Crippen molar-refractivity contribution in [1.82, 2.24) is 0 Å². The van der Waals surface area contributed by atoms with Gasteiger partial charge in [-0.1, -0.05) is 6.07 Å². The topological polar surface area (TPSA) is 63.4 Å². The molecule has 0 aliphatic carbocycles. The molecular weight excluding hydrogens is 224 g/mol. The fraction of sp³-hybridized carbons (Fsp3) is 0.455. The Morgan fingerprint density at radius 3 is 2.75 bits per heavy atom. The summed E-state index contributed by atoms with van der Waals surface area (Å²) in [6.45, 7) is 2.42. The number of nitrogens with zero attached hydrogens (tertiary/aromatic N) is 1. The van der Waals surface area contributed by atoms with Crippen LogP contribution in [0.5, 0.6) is 0 Å². The smallest absolute Gasteiger partial charge is 0.235 e. The molecule has 0 bridgehead atoms. The molecule has 5 heteroatoms. The molecule has 88 valence electrons. The number of hydrogen-bond acceptors (Lipinski definition) is 3. The Labute approximate surface area is 96.1 Å². The van der Waals surface area contributed by atoms with E-state index in [1.54, 1.807) is 12.1 Å². The maximum Gasteiger partial charge on any atom is 0.235 e. The molecule has 0 atom stereocenters. The van der Waals surface area contributed by atoms with Gasteiger partial charge < -0.3 is 5.73 Å². The summed E-state index contributed by atoms with van der Waals surface area (Å²) in [5.41, 5.74) is 7.99. The summed E-state index contributed by atoms with van der Waals surface area (Å²) in [6, 6.07) is 5.39. The van der Waals surface area contributed by atoms with Crippen molar-refractivity contribution in [2.75, 3.05) is 22.3 Å². The minimum Gasteiger partial charge on any atom is -0.398 e. The van der Waals surface area contributed by atoms with Crippen LogP contribution in [0.25, 0.3) is 0 Å². The summed E-state index contributed by atoms with van der Waals surface area (Å²) in [6.07, 6.45) is 1.66. The van der Waals surface area contributed by atoms with Gasteiger partial charge in [0, 0.05) is 12.2 Å². The van der Waals surface area contributed by atoms with Gasteiger partial charge in [0.05, 0.1) is 11.4 Å². The first-order valence-corrected chi connectivity index (χ1v) is 6.99. The van der Waals surface area contributed by atoms with Crippen LogP contribution in [0.1, 0.15) is 18.4 Å². The summed E-state index contributed by atoms with van der Waals surface area (Å²) >= 11 is 0. The summed E-state index contributed by atoms with van der Waals surface area (Å²) in [5.74, 6) is 0.237. The zero-order valence-corrected chi connectivity index (χ0v) is 10.1. The lowest BCUT2D eigenvalue weighted by Crippen LogP contribution is -2.38. The van der Waals surface area contributed by atoms with E-state index in [0.717, 1.165) is 24.1 Å². The van der Waals surface area contributed by atoms with Gasteiger partial charge in [-0.2, -0.15) is 0 Å². The van der Waals surface area contributed by atoms with E-state index in [0.29, 0.717) is 12.2 Å². The summed E-state index contributed by atoms with van der Waals surface area (Å²) in [7, 11) is -3.14. The second-order valence-corrected chi connectivity index (χ2v) is 6.10. The molecule has 0 saturated carbocycles. The molecule has 0 spiro atoms. The number of rotatable bonds is 1. The van der Waals surface area contributed by atoms with E-state index in [2.05, 4.69) is 0 Å². The van der Waals surface area contributed by atoms with Crippen molar-refractivity contribution in [3.8, 4) is 0 Å². The van der Waals surface area contributed by atoms with Crippen LogP contribution >= 0.6 is 0 Å². The zero-order chi connectivity index (χ0) is 11.8. The SMILES string of the molecule is Cc1c(N)cccc1N1CCCCS1(=O)=O. The number of nitrogen functional groups attached to an aromatic ring is 1. The summed E-state index contributed by atoms with van der Waals surface area (Å²) in [5, 5.41) is 0. The molecule has 1 fully saturated rings. The second kappa shape index (κ2) is 3.97. The van der Waals surface area contributed by atoms with Crippen LogP contribution < -0.4 is 10.0 Å². The number of sulfonamides is 1. The highest BCUT2D eigenvalue weighted by Gasteiger charge is 2.27. The lowest BCUT2D eigenvalue weighted by Gasteiger charge is -2.29. The van der Waals surface area contributed by atoms with Crippen LogP contribution in [-0.2, 0) is 10.0 Å². The standard InChI is InChI=1S/C11H16N2O2S/c1-9-10(12)5-4-6-11(9)13-7-2-3-8-16(13,14)15/h4-6H,2-3,7-8,12H2,1H3. The molecule has 0 unspecified atom stereocenters. The average Bonchev–Trinajstić information content (AvgIpc) is 2.22. The molecule has 2 rings (SSSR count). The number of hydrogen-bond donors (Lipinski definition) is 1. The Bertz CT molecular complexity index is 497. The van der Waals surface area contributed by atoms with Gasteiger partial charge in [0.25, 0.3) is 0 Å². The summed E-state index contributed by atoms with van der Waals surface area (Å²) < 4.78 is 25.4. The Hall–Kier alpha value is -1.23. The van der Waals surface area contributed by atoms with Crippen LogP contribution in [0.2, 0.25) is 0 Å². The zero-order valence-electron chi connectivity index (χ0n) is 9.31. The molecular formula is C11H16N2O2S. The Balaban J connectivity index is 2.47. The largest absolute Gasteiger partial charge is 0.398 e. The van der Waals surface area contributed by atoms with E-state index in [1.165, 1.54) is 4.31 Å². The fourth-order valence-corrected chi connectivity index (χ4v) is 3.66. The van der Waals surface area contributed by atoms with Crippen LogP contribution in [0.3, 0.4) is 0 Å². The van der Waals surface area contributed by atoms with E-state index in [1.807, 2.05) is 13.0 Å². The molecule has 16 heavy (non-hydrogen) atoms. The van der Waals surface area contributed by atoms with Gasteiger partial charge >= 0.3 is 0 Å². The lowest BCUT2D eigenvalue weighted by molar-refractivity contribution is 0.574. The van der Waals surface area contributed by atoms with Crippen molar-refractivity contribution in [3.05, 3.63) is 23.8 Å². The molecule has 4 nitrogen and oxygen atoms in total. The highest BCUT2D eigenvalue weighted by atomic mass is 32.2. The summed E-state index contributed by atoms with van der Waals surface area (Å²) in [4.78, 5) is 0. The monoisotopic (exact) mass is 240 g/mol. The van der Waals surface area contributed by atoms with E-state index in [-0.39, 0.29) is 5.75 Å². The molecule has 1 heterocycles. The molecule has 2 N–H and O–H groups in total. The second-order valence-electron chi connectivity index (χ2n) is 4.09. The molecule has 1 aromatic carbocycles. The van der Waals surface area contributed by atoms with E-state index in [9.17, 15) is 8.42 Å². The maximum atomic E-state index is 11.9. The predicted molar refractivity (Wildman–Crippen MR) is 66.0 cm³/mol. The first-order valence-electron chi connectivity index (χ1n) is 5.38. The van der Waals surface area contributed by atoms with Gasteiger partial charge in [0.15, 0.2) is 0 Å². The minimum atomic E-state index is -3.14. The van der Waals surface area contributed by atoms with Gasteiger partial charge in [-0.25, -0.2) is 8.42 Å². The van der Waals surface area contributed by atoms with Crippen LogP contribution in [0.4, 0.5) is 11.4 Å². The normalized spacial score (nSPS) is 19.7. The number of anilines is 2. The highest BCUT2D eigenvalue weighted by Crippen LogP contribution is 2.29. The fourth-order valence-electron chi connectivity index (χ4n) is 1.97. The third-order valence-corrected chi connectivity index (χ3v) is 4.82. The maximum absolute atomic E-state index is 11.9. The van der Waals surface area contributed by atoms with Crippen LogP contribution in [0, 0.1) is 6.92 Å². The third-order valence-electron chi connectivity index (χ3n) is 2.97. The van der Waals surface area contributed by atoms with Gasteiger partial charge in [-0.15, -0.1) is 0 Å². The molecule has 1 aromatic rings. The average molecular weight is 240 g/mol. The van der Waals surface area contributed by atoms with Crippen molar-refractivity contribution in [2.45, 2.75) is 19.8 Å². The van der Waals surface area contributed by atoms with Crippen LogP contribution in [-0.4, -0.2) is 20.7 Å². The first kappa shape index (κ1) is 11.3. The molecule has 0 amide bonds. The molecule has 0 aromatic heterocycles. The Morgan fingerprint density at radius 1 is 1.31 bits per heavy atom.